The summed E-state index contributed by atoms with van der Waals surface area (Å²) < 4.78 is 23.5. The molecule has 0 bridgehead atoms. The van der Waals surface area contributed by atoms with E-state index in [1.54, 1.807) is 18.2 Å². The Morgan fingerprint density at radius 3 is 2.38 bits per heavy atom. The summed E-state index contributed by atoms with van der Waals surface area (Å²) >= 11 is 0. The van der Waals surface area contributed by atoms with Crippen molar-refractivity contribution >= 4 is 21.8 Å². The Bertz CT molecular complexity index is 1060. The molecule has 0 radical (unpaired) electrons. The number of hydrogen-bond acceptors (Lipinski definition) is 6. The quantitative estimate of drug-likeness (QED) is 0.435. The maximum atomic E-state index is 12.5. The highest BCUT2D eigenvalue weighted by Crippen LogP contribution is 2.23. The molecule has 1 aromatic carbocycles. The number of nitrogens with one attached hydrogen (secondary N) is 1. The second-order valence-electron chi connectivity index (χ2n) is 6.85. The van der Waals surface area contributed by atoms with E-state index < -0.39 is 20.5 Å². The Kier molecular flexibility index (Phi) is 7.12. The van der Waals surface area contributed by atoms with Crippen molar-refractivity contribution in [1.82, 2.24) is 10.0 Å². The minimum absolute atomic E-state index is 0.0129. The zero-order chi connectivity index (χ0) is 21.7. The van der Waals surface area contributed by atoms with Gasteiger partial charge in [0.1, 0.15) is 0 Å². The van der Waals surface area contributed by atoms with Gasteiger partial charge in [-0.3, -0.25) is 14.8 Å². The molecule has 0 saturated carbocycles. The molecule has 1 heterocycles. The molecule has 0 unspecified atom stereocenters. The van der Waals surface area contributed by atoms with E-state index in [-0.39, 0.29) is 25.1 Å². The van der Waals surface area contributed by atoms with Gasteiger partial charge in [0, 0.05) is 25.1 Å². The molecular weight excluding hydrogens is 396 g/mol. The van der Waals surface area contributed by atoms with Crippen molar-refractivity contribution < 1.29 is 23.5 Å². The van der Waals surface area contributed by atoms with Gasteiger partial charge in [0.05, 0.1) is 6.61 Å². The number of nitrogens with zero attached hydrogens (tertiary/aromatic N) is 1. The molecule has 3 N–H and O–H groups in total. The highest BCUT2D eigenvalue weighted by molar-refractivity contribution is 7.92. The summed E-state index contributed by atoms with van der Waals surface area (Å²) in [6, 6.07) is 10.6. The topological polar surface area (TPSA) is 126 Å². The molecule has 8 nitrogen and oxygen atoms in total. The summed E-state index contributed by atoms with van der Waals surface area (Å²) in [4.78, 5) is 24.3. The van der Waals surface area contributed by atoms with Crippen LogP contribution in [0.15, 0.2) is 53.5 Å². The average molecular weight is 420 g/mol. The Balaban J connectivity index is 2.22. The zero-order valence-corrected chi connectivity index (χ0v) is 17.0. The first-order chi connectivity index (χ1) is 13.6. The van der Waals surface area contributed by atoms with Gasteiger partial charge in [-0.05, 0) is 36.1 Å². The first kappa shape index (κ1) is 22.5. The maximum Gasteiger partial charge on any atom is 0.264 e. The van der Waals surface area contributed by atoms with Gasteiger partial charge in [0.25, 0.3) is 11.5 Å². The molecule has 29 heavy (non-hydrogen) atoms. The van der Waals surface area contributed by atoms with Crippen molar-refractivity contribution in [3.8, 4) is 11.1 Å². The van der Waals surface area contributed by atoms with Gasteiger partial charge in [0.15, 0.2) is 14.6 Å². The van der Waals surface area contributed by atoms with Gasteiger partial charge < -0.3 is 9.67 Å². The number of aliphatic hydroxyl groups excluding tert-OH is 1. The van der Waals surface area contributed by atoms with E-state index in [2.05, 4.69) is 0 Å². The van der Waals surface area contributed by atoms with Crippen LogP contribution in [-0.4, -0.2) is 46.8 Å². The lowest BCUT2D eigenvalue weighted by molar-refractivity contribution is -0.131. The number of pyridine rings is 1. The number of aromatic nitrogens is 1. The number of sulfone groups is 1. The lowest BCUT2D eigenvalue weighted by Gasteiger charge is -2.25. The van der Waals surface area contributed by atoms with Gasteiger partial charge in [-0.15, -0.1) is 0 Å². The van der Waals surface area contributed by atoms with Crippen molar-refractivity contribution in [2.75, 3.05) is 12.9 Å². The van der Waals surface area contributed by atoms with Gasteiger partial charge in [-0.2, -0.15) is 0 Å². The standard InChI is InChI=1S/C20H24N2O6S/c1-20(19(25)21-26,29(2,27)28)10-12-22-11-9-17(14-18(22)24)16-7-5-15(6-8-16)4-3-13-23/h3-9,11,14,23,26H,10,12-13H2,1-2H3,(H,21,25)/b4-3+/t20-/m1/s1. The van der Waals surface area contributed by atoms with E-state index in [0.717, 1.165) is 17.4 Å². The third-order valence-corrected chi connectivity index (χ3v) is 6.91. The highest BCUT2D eigenvalue weighted by atomic mass is 32.2. The zero-order valence-electron chi connectivity index (χ0n) is 16.2. The largest absolute Gasteiger partial charge is 0.392 e. The van der Waals surface area contributed by atoms with Crippen LogP contribution < -0.4 is 11.0 Å². The van der Waals surface area contributed by atoms with Crippen LogP contribution in [0.25, 0.3) is 17.2 Å². The Morgan fingerprint density at radius 2 is 1.86 bits per heavy atom. The Morgan fingerprint density at radius 1 is 1.21 bits per heavy atom. The average Bonchev–Trinajstić information content (AvgIpc) is 2.69. The van der Waals surface area contributed by atoms with Crippen LogP contribution in [0.4, 0.5) is 0 Å². The molecule has 0 spiro atoms. The van der Waals surface area contributed by atoms with Crippen LogP contribution in [0.3, 0.4) is 0 Å². The molecule has 1 aromatic heterocycles. The third kappa shape index (κ3) is 5.20. The third-order valence-electron chi connectivity index (χ3n) is 4.89. The summed E-state index contributed by atoms with van der Waals surface area (Å²) in [5.41, 5.74) is 3.49. The van der Waals surface area contributed by atoms with Crippen LogP contribution in [0.1, 0.15) is 18.9 Å². The van der Waals surface area contributed by atoms with Gasteiger partial charge in [-0.1, -0.05) is 36.4 Å². The normalized spacial score (nSPS) is 13.9. The maximum absolute atomic E-state index is 12.5. The number of amides is 1. The second-order valence-corrected chi connectivity index (χ2v) is 9.29. The first-order valence-electron chi connectivity index (χ1n) is 8.85. The number of carbonyl (C=O) groups excluding carboxylic acids is 1. The summed E-state index contributed by atoms with van der Waals surface area (Å²) in [6.07, 6.45) is 5.67. The SMILES string of the molecule is C[C@@](CCn1ccc(-c2ccc(/C=C/CO)cc2)cc1=O)(C(=O)NO)S(C)(=O)=O. The minimum Gasteiger partial charge on any atom is -0.392 e. The van der Waals surface area contributed by atoms with E-state index >= 15 is 0 Å². The van der Waals surface area contributed by atoms with Crippen molar-refractivity contribution in [2.24, 2.45) is 0 Å². The van der Waals surface area contributed by atoms with Gasteiger partial charge in [-0.25, -0.2) is 13.9 Å². The molecule has 156 valence electrons. The first-order valence-corrected chi connectivity index (χ1v) is 10.7. The molecule has 2 rings (SSSR count). The number of hydroxylamine groups is 1. The van der Waals surface area contributed by atoms with Crippen LogP contribution >= 0.6 is 0 Å². The van der Waals surface area contributed by atoms with Crippen LogP contribution in [0.2, 0.25) is 0 Å². The summed E-state index contributed by atoms with van der Waals surface area (Å²) in [5, 5.41) is 17.7. The number of benzene rings is 1. The smallest absolute Gasteiger partial charge is 0.264 e. The molecule has 0 saturated heterocycles. The van der Waals surface area contributed by atoms with E-state index in [9.17, 15) is 18.0 Å². The molecule has 2 aromatic rings. The van der Waals surface area contributed by atoms with Crippen molar-refractivity contribution in [2.45, 2.75) is 24.6 Å². The van der Waals surface area contributed by atoms with Crippen molar-refractivity contribution in [1.29, 1.82) is 0 Å². The fourth-order valence-electron chi connectivity index (χ4n) is 2.77. The molecule has 0 aliphatic rings. The predicted molar refractivity (Wildman–Crippen MR) is 110 cm³/mol. The van der Waals surface area contributed by atoms with Crippen LogP contribution in [0, 0.1) is 0 Å². The molecule has 0 aliphatic heterocycles. The fraction of sp³-hybridized carbons (Fsp3) is 0.300. The predicted octanol–water partition coefficient (Wildman–Crippen LogP) is 1.22. The van der Waals surface area contributed by atoms with Crippen molar-refractivity contribution in [3.05, 3.63) is 64.6 Å². The monoisotopic (exact) mass is 420 g/mol. The Labute approximate surface area is 169 Å². The second kappa shape index (κ2) is 9.17. The molecule has 0 fully saturated rings. The van der Waals surface area contributed by atoms with Crippen LogP contribution in [-0.2, 0) is 21.2 Å². The number of carbonyl (C=O) groups is 1. The summed E-state index contributed by atoms with van der Waals surface area (Å²) in [7, 11) is -3.83. The fourth-order valence-corrected chi connectivity index (χ4v) is 3.61. The number of aryl methyl sites for hydroxylation is 1. The van der Waals surface area contributed by atoms with Crippen molar-refractivity contribution in [3.63, 3.8) is 0 Å². The lowest BCUT2D eigenvalue weighted by atomic mass is 10.0. The highest BCUT2D eigenvalue weighted by Gasteiger charge is 2.43. The van der Waals surface area contributed by atoms with E-state index in [4.69, 9.17) is 10.3 Å². The van der Waals surface area contributed by atoms with E-state index in [0.29, 0.717) is 5.56 Å². The van der Waals surface area contributed by atoms with E-state index in [1.807, 2.05) is 24.3 Å². The minimum atomic E-state index is -3.83. The van der Waals surface area contributed by atoms with E-state index in [1.165, 1.54) is 29.2 Å². The molecule has 1 atom stereocenters. The lowest BCUT2D eigenvalue weighted by Crippen LogP contribution is -2.49. The number of aliphatic hydroxyl groups is 1. The number of hydrogen-bond donors (Lipinski definition) is 3. The molecular formula is C20H24N2O6S. The molecule has 9 heteroatoms. The summed E-state index contributed by atoms with van der Waals surface area (Å²) in [6.45, 7) is 1.15. The summed E-state index contributed by atoms with van der Waals surface area (Å²) in [5.74, 6) is -1.04. The van der Waals surface area contributed by atoms with Gasteiger partial charge >= 0.3 is 0 Å². The van der Waals surface area contributed by atoms with Crippen LogP contribution in [0.5, 0.6) is 0 Å². The Hall–Kier alpha value is -2.75. The molecule has 1 amide bonds. The molecule has 0 aliphatic carbocycles. The number of rotatable bonds is 8. The van der Waals surface area contributed by atoms with Gasteiger partial charge in [0.2, 0.25) is 0 Å².